The van der Waals surface area contributed by atoms with E-state index in [-0.39, 0.29) is 5.97 Å². The van der Waals surface area contributed by atoms with E-state index in [1.807, 2.05) is 18.2 Å². The minimum absolute atomic E-state index is 0.197. The molecular formula is C10H16O2. The van der Waals surface area contributed by atoms with Gasteiger partial charge in [-0.2, -0.15) is 0 Å². The van der Waals surface area contributed by atoms with Gasteiger partial charge in [-0.15, -0.1) is 6.58 Å². The number of carbonyl (C=O) groups excluding carboxylic acids is 1. The van der Waals surface area contributed by atoms with Crippen LogP contribution in [0, 0.1) is 5.92 Å². The second kappa shape index (κ2) is 6.65. The van der Waals surface area contributed by atoms with Gasteiger partial charge in [-0.1, -0.05) is 25.2 Å². The van der Waals surface area contributed by atoms with Crippen LogP contribution in [0.4, 0.5) is 0 Å². The molecule has 0 spiro atoms. The molecule has 0 fully saturated rings. The van der Waals surface area contributed by atoms with Crippen molar-refractivity contribution in [3.05, 3.63) is 24.8 Å². The largest absolute Gasteiger partial charge is 0.469 e. The molecule has 0 radical (unpaired) electrons. The third-order valence-electron chi connectivity index (χ3n) is 1.52. The van der Waals surface area contributed by atoms with Crippen LogP contribution in [0.2, 0.25) is 0 Å². The minimum atomic E-state index is -0.197. The Labute approximate surface area is 73.9 Å². The fraction of sp³-hybridized carbons (Fsp3) is 0.500. The lowest BCUT2D eigenvalue weighted by atomic mass is 10.1. The molecular weight excluding hydrogens is 152 g/mol. The summed E-state index contributed by atoms with van der Waals surface area (Å²) in [6.07, 6.45) is 7.00. The molecule has 2 heteroatoms. The van der Waals surface area contributed by atoms with Crippen molar-refractivity contribution in [3.8, 4) is 0 Å². The summed E-state index contributed by atoms with van der Waals surface area (Å²) < 4.78 is 4.48. The van der Waals surface area contributed by atoms with E-state index in [0.717, 1.165) is 6.42 Å². The van der Waals surface area contributed by atoms with Crippen LogP contribution in [0.1, 0.15) is 19.8 Å². The van der Waals surface area contributed by atoms with Gasteiger partial charge >= 0.3 is 5.97 Å². The molecule has 0 aliphatic carbocycles. The predicted octanol–water partition coefficient (Wildman–Crippen LogP) is 2.32. The summed E-state index contributed by atoms with van der Waals surface area (Å²) >= 11 is 0. The number of carbonyl (C=O) groups is 1. The van der Waals surface area contributed by atoms with E-state index < -0.39 is 0 Å². The van der Waals surface area contributed by atoms with Crippen LogP contribution < -0.4 is 0 Å². The van der Waals surface area contributed by atoms with E-state index in [9.17, 15) is 4.79 Å². The number of hydrogen-bond acceptors (Lipinski definition) is 2. The van der Waals surface area contributed by atoms with Gasteiger partial charge < -0.3 is 4.74 Å². The Morgan fingerprint density at radius 1 is 1.67 bits per heavy atom. The Balaban J connectivity index is 3.60. The first-order valence-electron chi connectivity index (χ1n) is 4.05. The molecule has 0 aromatic heterocycles. The van der Waals surface area contributed by atoms with Gasteiger partial charge in [0.15, 0.2) is 0 Å². The minimum Gasteiger partial charge on any atom is -0.469 e. The monoisotopic (exact) mass is 168 g/mol. The van der Waals surface area contributed by atoms with E-state index in [2.05, 4.69) is 18.2 Å². The van der Waals surface area contributed by atoms with Crippen molar-refractivity contribution < 1.29 is 9.53 Å². The number of esters is 1. The normalized spacial score (nSPS) is 12.8. The van der Waals surface area contributed by atoms with Crippen molar-refractivity contribution in [3.63, 3.8) is 0 Å². The molecule has 0 bridgehead atoms. The second-order valence-electron chi connectivity index (χ2n) is 2.71. The van der Waals surface area contributed by atoms with Crippen LogP contribution in [0.25, 0.3) is 0 Å². The average Bonchev–Trinajstić information content (AvgIpc) is 2.04. The van der Waals surface area contributed by atoms with Gasteiger partial charge in [0.25, 0.3) is 0 Å². The van der Waals surface area contributed by atoms with Crippen LogP contribution in [0.5, 0.6) is 0 Å². The summed E-state index contributed by atoms with van der Waals surface area (Å²) in [6.45, 7) is 5.71. The Morgan fingerprint density at radius 2 is 2.33 bits per heavy atom. The lowest BCUT2D eigenvalue weighted by Crippen LogP contribution is -1.97. The molecule has 1 atom stereocenters. The molecule has 0 rings (SSSR count). The van der Waals surface area contributed by atoms with E-state index in [1.54, 1.807) is 0 Å². The number of methoxy groups -OCH3 is 1. The number of hydrogen-bond donors (Lipinski definition) is 0. The highest BCUT2D eigenvalue weighted by molar-refractivity contribution is 5.70. The average molecular weight is 168 g/mol. The van der Waals surface area contributed by atoms with Gasteiger partial charge in [-0.25, -0.2) is 0 Å². The fourth-order valence-corrected chi connectivity index (χ4v) is 0.821. The first kappa shape index (κ1) is 11.0. The SMILES string of the molecule is C=CCC(C)/C=C\CC(=O)OC. The maximum absolute atomic E-state index is 10.7. The Bertz CT molecular complexity index is 171. The Morgan fingerprint density at radius 3 is 2.83 bits per heavy atom. The molecule has 0 N–H and O–H groups in total. The zero-order valence-corrected chi connectivity index (χ0v) is 7.75. The number of rotatable bonds is 5. The fourth-order valence-electron chi connectivity index (χ4n) is 0.821. The lowest BCUT2D eigenvalue weighted by molar-refractivity contribution is -0.139. The van der Waals surface area contributed by atoms with Crippen molar-refractivity contribution >= 4 is 5.97 Å². The summed E-state index contributed by atoms with van der Waals surface area (Å²) in [7, 11) is 1.39. The van der Waals surface area contributed by atoms with Crippen LogP contribution in [-0.2, 0) is 9.53 Å². The second-order valence-corrected chi connectivity index (χ2v) is 2.71. The third-order valence-corrected chi connectivity index (χ3v) is 1.52. The molecule has 0 heterocycles. The van der Waals surface area contributed by atoms with Crippen LogP contribution in [0.3, 0.4) is 0 Å². The van der Waals surface area contributed by atoms with E-state index in [4.69, 9.17) is 0 Å². The Hall–Kier alpha value is -1.05. The van der Waals surface area contributed by atoms with Crippen molar-refractivity contribution in [2.75, 3.05) is 7.11 Å². The molecule has 68 valence electrons. The first-order valence-corrected chi connectivity index (χ1v) is 4.05. The van der Waals surface area contributed by atoms with Gasteiger partial charge in [0.1, 0.15) is 0 Å². The van der Waals surface area contributed by atoms with Gasteiger partial charge in [0, 0.05) is 0 Å². The Kier molecular flexibility index (Phi) is 6.07. The van der Waals surface area contributed by atoms with E-state index in [0.29, 0.717) is 12.3 Å². The van der Waals surface area contributed by atoms with E-state index in [1.165, 1.54) is 7.11 Å². The quantitative estimate of drug-likeness (QED) is 0.465. The molecule has 0 amide bonds. The van der Waals surface area contributed by atoms with Crippen molar-refractivity contribution in [2.24, 2.45) is 5.92 Å². The summed E-state index contributed by atoms with van der Waals surface area (Å²) in [6, 6.07) is 0. The smallest absolute Gasteiger partial charge is 0.309 e. The predicted molar refractivity (Wildman–Crippen MR) is 49.8 cm³/mol. The van der Waals surface area contributed by atoms with Crippen molar-refractivity contribution in [1.82, 2.24) is 0 Å². The van der Waals surface area contributed by atoms with Gasteiger partial charge in [0.05, 0.1) is 13.5 Å². The zero-order chi connectivity index (χ0) is 9.40. The molecule has 1 unspecified atom stereocenters. The van der Waals surface area contributed by atoms with Crippen molar-refractivity contribution in [2.45, 2.75) is 19.8 Å². The van der Waals surface area contributed by atoms with Crippen LogP contribution in [-0.4, -0.2) is 13.1 Å². The van der Waals surface area contributed by atoms with Gasteiger partial charge in [0.2, 0.25) is 0 Å². The lowest BCUT2D eigenvalue weighted by Gasteiger charge is -1.99. The molecule has 2 nitrogen and oxygen atoms in total. The molecule has 12 heavy (non-hydrogen) atoms. The highest BCUT2D eigenvalue weighted by Gasteiger charge is 1.95. The summed E-state index contributed by atoms with van der Waals surface area (Å²) in [4.78, 5) is 10.7. The zero-order valence-electron chi connectivity index (χ0n) is 7.75. The van der Waals surface area contributed by atoms with Gasteiger partial charge in [-0.3, -0.25) is 4.79 Å². The summed E-state index contributed by atoms with van der Waals surface area (Å²) in [5.74, 6) is 0.254. The maximum Gasteiger partial charge on any atom is 0.309 e. The third kappa shape index (κ3) is 5.71. The van der Waals surface area contributed by atoms with Crippen LogP contribution >= 0.6 is 0 Å². The van der Waals surface area contributed by atoms with Crippen molar-refractivity contribution in [1.29, 1.82) is 0 Å². The molecule has 0 aliphatic heterocycles. The summed E-state index contributed by atoms with van der Waals surface area (Å²) in [5.41, 5.74) is 0. The summed E-state index contributed by atoms with van der Waals surface area (Å²) in [5, 5.41) is 0. The molecule has 0 aromatic carbocycles. The topological polar surface area (TPSA) is 26.3 Å². The van der Waals surface area contributed by atoms with Crippen LogP contribution in [0.15, 0.2) is 24.8 Å². The molecule has 0 saturated carbocycles. The molecule has 0 saturated heterocycles. The first-order chi connectivity index (χ1) is 5.70. The maximum atomic E-state index is 10.7. The standard InChI is InChI=1S/C10H16O2/c1-4-6-9(2)7-5-8-10(11)12-3/h4-5,7,9H,1,6,8H2,2-3H3/b7-5-. The number of ether oxygens (including phenoxy) is 1. The molecule has 0 aliphatic rings. The number of allylic oxidation sites excluding steroid dienone is 2. The highest BCUT2D eigenvalue weighted by atomic mass is 16.5. The highest BCUT2D eigenvalue weighted by Crippen LogP contribution is 2.04. The van der Waals surface area contributed by atoms with Gasteiger partial charge in [-0.05, 0) is 12.3 Å². The molecule has 0 aromatic rings. The van der Waals surface area contributed by atoms with E-state index >= 15 is 0 Å².